The van der Waals surface area contributed by atoms with E-state index in [1.807, 2.05) is 20.8 Å². The summed E-state index contributed by atoms with van der Waals surface area (Å²) in [7, 11) is 0. The van der Waals surface area contributed by atoms with Gasteiger partial charge in [0.15, 0.2) is 0 Å². The van der Waals surface area contributed by atoms with Gasteiger partial charge < -0.3 is 10.1 Å². The summed E-state index contributed by atoms with van der Waals surface area (Å²) in [6.45, 7) is 6.03. The van der Waals surface area contributed by atoms with Gasteiger partial charge in [0.05, 0.1) is 12.6 Å². The van der Waals surface area contributed by atoms with E-state index in [4.69, 9.17) is 5.11 Å². The van der Waals surface area contributed by atoms with Gasteiger partial charge in [-0.05, 0) is 21.3 Å². The van der Waals surface area contributed by atoms with Crippen LogP contribution in [-0.2, 0) is 4.79 Å². The van der Waals surface area contributed by atoms with Crippen molar-refractivity contribution in [3.63, 3.8) is 0 Å². The Balaban J connectivity index is 2.96. The number of H-pyrrole nitrogens is 1. The van der Waals surface area contributed by atoms with E-state index >= 15 is 0 Å². The van der Waals surface area contributed by atoms with Crippen molar-refractivity contribution in [2.24, 2.45) is 5.41 Å². The molecule has 0 aliphatic carbocycles. The molecule has 4 nitrogen and oxygen atoms in total. The second-order valence-corrected chi connectivity index (χ2v) is 5.49. The quantitative estimate of drug-likeness (QED) is 0.891. The topological polar surface area (TPSA) is 66.0 Å². The van der Waals surface area contributed by atoms with Gasteiger partial charge in [0.2, 0.25) is 0 Å². The van der Waals surface area contributed by atoms with Gasteiger partial charge in [0.25, 0.3) is 0 Å². The molecule has 5 heteroatoms. The fourth-order valence-corrected chi connectivity index (χ4v) is 1.78. The van der Waals surface area contributed by atoms with Crippen LogP contribution in [-0.4, -0.2) is 21.0 Å². The Bertz CT molecular complexity index is 355. The summed E-state index contributed by atoms with van der Waals surface area (Å²) < 4.78 is 0.775. The minimum absolute atomic E-state index is 0.0868. The van der Waals surface area contributed by atoms with Crippen LogP contribution in [0.5, 0.6) is 0 Å². The van der Waals surface area contributed by atoms with E-state index in [0.717, 1.165) is 10.4 Å². The van der Waals surface area contributed by atoms with Gasteiger partial charge in [-0.2, -0.15) is 0 Å². The van der Waals surface area contributed by atoms with Gasteiger partial charge >= 0.3 is 5.97 Å². The summed E-state index contributed by atoms with van der Waals surface area (Å²) in [5.41, 5.74) is -0.129. The first kappa shape index (κ1) is 12.2. The van der Waals surface area contributed by atoms with Crippen molar-refractivity contribution in [1.82, 2.24) is 9.97 Å². The Morgan fingerprint density at radius 2 is 2.27 bits per heavy atom. The third kappa shape index (κ3) is 3.34. The molecule has 0 aliphatic heterocycles. The first-order chi connectivity index (χ1) is 6.80. The number of carbonyl (C=O) groups is 1. The molecule has 0 bridgehead atoms. The molecule has 1 aromatic rings. The fourth-order valence-electron chi connectivity index (χ4n) is 1.48. The van der Waals surface area contributed by atoms with Crippen LogP contribution < -0.4 is 0 Å². The maximum absolute atomic E-state index is 10.8. The Hall–Kier alpha value is -0.840. The summed E-state index contributed by atoms with van der Waals surface area (Å²) in [6.07, 6.45) is 1.74. The molecule has 0 amide bonds. The SMILES string of the molecule is CC(C)(C)C(CC(=O)O)c1ncc(Br)[nH]1. The molecular formula is C10H15BrN2O2. The van der Waals surface area contributed by atoms with Crippen molar-refractivity contribution in [3.05, 3.63) is 16.6 Å². The maximum atomic E-state index is 10.8. The zero-order valence-corrected chi connectivity index (χ0v) is 10.6. The molecule has 0 saturated carbocycles. The number of nitrogens with one attached hydrogen (secondary N) is 1. The number of aromatic nitrogens is 2. The molecule has 1 atom stereocenters. The van der Waals surface area contributed by atoms with Gasteiger partial charge in [-0.1, -0.05) is 20.8 Å². The Kier molecular flexibility index (Phi) is 3.54. The molecule has 15 heavy (non-hydrogen) atoms. The number of aliphatic carboxylic acids is 1. The first-order valence-corrected chi connectivity index (χ1v) is 5.52. The monoisotopic (exact) mass is 274 g/mol. The van der Waals surface area contributed by atoms with E-state index in [1.54, 1.807) is 6.20 Å². The summed E-state index contributed by atoms with van der Waals surface area (Å²) >= 11 is 3.27. The van der Waals surface area contributed by atoms with Gasteiger partial charge in [-0.25, -0.2) is 4.98 Å². The van der Waals surface area contributed by atoms with Gasteiger partial charge in [-0.15, -0.1) is 0 Å². The first-order valence-electron chi connectivity index (χ1n) is 4.73. The van der Waals surface area contributed by atoms with Crippen LogP contribution in [0.25, 0.3) is 0 Å². The number of hydrogen-bond acceptors (Lipinski definition) is 2. The molecular weight excluding hydrogens is 260 g/mol. The molecule has 1 unspecified atom stereocenters. The highest BCUT2D eigenvalue weighted by Gasteiger charge is 2.30. The highest BCUT2D eigenvalue weighted by molar-refractivity contribution is 9.10. The van der Waals surface area contributed by atoms with Crippen molar-refractivity contribution in [1.29, 1.82) is 0 Å². The summed E-state index contributed by atoms with van der Waals surface area (Å²) in [4.78, 5) is 18.0. The standard InChI is InChI=1S/C10H15BrN2O2/c1-10(2,3)6(4-8(14)15)9-12-5-7(11)13-9/h5-6H,4H2,1-3H3,(H,12,13)(H,14,15). The Morgan fingerprint density at radius 1 is 1.67 bits per heavy atom. The summed E-state index contributed by atoms with van der Waals surface area (Å²) in [5.74, 6) is -0.194. The minimum Gasteiger partial charge on any atom is -0.481 e. The molecule has 0 fully saturated rings. The number of aromatic amines is 1. The van der Waals surface area contributed by atoms with Crippen LogP contribution in [0.3, 0.4) is 0 Å². The van der Waals surface area contributed by atoms with Crippen molar-refractivity contribution < 1.29 is 9.90 Å². The highest BCUT2D eigenvalue weighted by atomic mass is 79.9. The molecule has 1 rings (SSSR count). The molecule has 1 aromatic heterocycles. The van der Waals surface area contributed by atoms with Crippen molar-refractivity contribution in [2.75, 3.05) is 0 Å². The van der Waals surface area contributed by atoms with Gasteiger partial charge in [0.1, 0.15) is 10.4 Å². The molecule has 1 heterocycles. The lowest BCUT2D eigenvalue weighted by atomic mass is 9.78. The second kappa shape index (κ2) is 4.35. The van der Waals surface area contributed by atoms with E-state index in [2.05, 4.69) is 25.9 Å². The summed E-state index contributed by atoms with van der Waals surface area (Å²) in [5, 5.41) is 8.86. The second-order valence-electron chi connectivity index (χ2n) is 4.63. The van der Waals surface area contributed by atoms with Crippen molar-refractivity contribution in [3.8, 4) is 0 Å². The van der Waals surface area contributed by atoms with Crippen molar-refractivity contribution >= 4 is 21.9 Å². The number of carboxylic acid groups (broad SMARTS) is 1. The van der Waals surface area contributed by atoms with Crippen molar-refractivity contribution in [2.45, 2.75) is 33.1 Å². The van der Waals surface area contributed by atoms with Crippen LogP contribution in [0.15, 0.2) is 10.8 Å². The van der Waals surface area contributed by atoms with E-state index in [1.165, 1.54) is 0 Å². The van der Waals surface area contributed by atoms with Crippen LogP contribution in [0, 0.1) is 5.41 Å². The summed E-state index contributed by atoms with van der Waals surface area (Å²) in [6, 6.07) is 0. The maximum Gasteiger partial charge on any atom is 0.304 e. The van der Waals surface area contributed by atoms with E-state index in [0.29, 0.717) is 0 Å². The molecule has 0 radical (unpaired) electrons. The number of rotatable bonds is 3. The van der Waals surface area contributed by atoms with Gasteiger partial charge in [0, 0.05) is 5.92 Å². The zero-order valence-electron chi connectivity index (χ0n) is 9.04. The number of imidazole rings is 1. The van der Waals surface area contributed by atoms with Crippen LogP contribution >= 0.6 is 15.9 Å². The van der Waals surface area contributed by atoms with E-state index < -0.39 is 5.97 Å². The molecule has 0 aliphatic rings. The van der Waals surface area contributed by atoms with Crippen LogP contribution in [0.4, 0.5) is 0 Å². The Morgan fingerprint density at radius 3 is 2.60 bits per heavy atom. The Labute approximate surface area is 97.2 Å². The lowest BCUT2D eigenvalue weighted by molar-refractivity contribution is -0.138. The number of nitrogens with zero attached hydrogens (tertiary/aromatic N) is 1. The number of hydrogen-bond donors (Lipinski definition) is 2. The lowest BCUT2D eigenvalue weighted by Gasteiger charge is -2.27. The average molecular weight is 275 g/mol. The smallest absolute Gasteiger partial charge is 0.304 e. The highest BCUT2D eigenvalue weighted by Crippen LogP contribution is 2.36. The number of carboxylic acids is 1. The molecule has 84 valence electrons. The molecule has 2 N–H and O–H groups in total. The van der Waals surface area contributed by atoms with E-state index in [-0.39, 0.29) is 17.8 Å². The average Bonchev–Trinajstić information content (AvgIpc) is 2.45. The minimum atomic E-state index is -0.803. The number of halogens is 1. The zero-order chi connectivity index (χ0) is 11.6. The predicted molar refractivity (Wildman–Crippen MR) is 60.7 cm³/mol. The third-order valence-corrected chi connectivity index (χ3v) is 2.72. The van der Waals surface area contributed by atoms with E-state index in [9.17, 15) is 4.79 Å². The fraction of sp³-hybridized carbons (Fsp3) is 0.600. The van der Waals surface area contributed by atoms with Gasteiger partial charge in [-0.3, -0.25) is 4.79 Å². The molecule has 0 aromatic carbocycles. The third-order valence-electron chi connectivity index (χ3n) is 2.32. The predicted octanol–water partition coefficient (Wildman–Crippen LogP) is 2.78. The van der Waals surface area contributed by atoms with Crippen LogP contribution in [0.1, 0.15) is 38.9 Å². The molecule has 0 saturated heterocycles. The lowest BCUT2D eigenvalue weighted by Crippen LogP contribution is -2.22. The van der Waals surface area contributed by atoms with Crippen LogP contribution in [0.2, 0.25) is 0 Å². The molecule has 0 spiro atoms. The normalized spacial score (nSPS) is 13.9. The largest absolute Gasteiger partial charge is 0.481 e.